The number of hydrogen-bond acceptors (Lipinski definition) is 4. The lowest BCUT2D eigenvalue weighted by molar-refractivity contribution is -0.168. The van der Waals surface area contributed by atoms with Crippen molar-refractivity contribution in [3.63, 3.8) is 0 Å². The highest BCUT2D eigenvalue weighted by Gasteiger charge is 2.07. The first-order chi connectivity index (χ1) is 5.20. The van der Waals surface area contributed by atoms with Crippen LogP contribution in [0.1, 0.15) is 26.2 Å². The lowest BCUT2D eigenvalue weighted by Crippen LogP contribution is -2.17. The second-order valence-corrected chi connectivity index (χ2v) is 2.16. The lowest BCUT2D eigenvalue weighted by Gasteiger charge is -2.09. The van der Waals surface area contributed by atoms with Gasteiger partial charge < -0.3 is 14.9 Å². The molecule has 0 fully saturated rings. The Labute approximate surface area is 65.8 Å². The highest BCUT2D eigenvalue weighted by molar-refractivity contribution is 5.68. The third-order valence-corrected chi connectivity index (χ3v) is 1.17. The lowest BCUT2D eigenvalue weighted by atomic mass is 10.3. The van der Waals surface area contributed by atoms with Gasteiger partial charge in [-0.15, -0.1) is 0 Å². The molecule has 0 amide bonds. The fraction of sp³-hybridized carbons (Fsp3) is 0.857. The molecular formula is C7H14O4. The Balaban J connectivity index is 3.35. The molecule has 0 aliphatic rings. The van der Waals surface area contributed by atoms with E-state index in [4.69, 9.17) is 10.2 Å². The number of carbonyl (C=O) groups is 1. The molecule has 0 aromatic rings. The summed E-state index contributed by atoms with van der Waals surface area (Å²) >= 11 is 0. The second kappa shape index (κ2) is 6.12. The van der Waals surface area contributed by atoms with Crippen LogP contribution >= 0.6 is 0 Å². The Kier molecular flexibility index (Phi) is 5.78. The summed E-state index contributed by atoms with van der Waals surface area (Å²) in [7, 11) is 0. The van der Waals surface area contributed by atoms with Gasteiger partial charge in [0.25, 0.3) is 0 Å². The summed E-state index contributed by atoms with van der Waals surface area (Å²) in [5, 5.41) is 17.3. The van der Waals surface area contributed by atoms with E-state index in [9.17, 15) is 4.79 Å². The molecule has 4 heteroatoms. The largest absolute Gasteiger partial charge is 0.436 e. The van der Waals surface area contributed by atoms with Crippen molar-refractivity contribution in [1.82, 2.24) is 0 Å². The van der Waals surface area contributed by atoms with E-state index >= 15 is 0 Å². The van der Waals surface area contributed by atoms with E-state index in [0.717, 1.165) is 0 Å². The Bertz CT molecular complexity index is 113. The predicted molar refractivity (Wildman–Crippen MR) is 38.7 cm³/mol. The number of esters is 1. The molecule has 0 rings (SSSR count). The van der Waals surface area contributed by atoms with Crippen LogP contribution in [-0.2, 0) is 9.53 Å². The maximum Gasteiger partial charge on any atom is 0.307 e. The molecule has 66 valence electrons. The zero-order valence-corrected chi connectivity index (χ0v) is 6.62. The number of ether oxygens (including phenoxy) is 1. The minimum absolute atomic E-state index is 0.000730. The van der Waals surface area contributed by atoms with Gasteiger partial charge in [0.15, 0.2) is 0 Å². The summed E-state index contributed by atoms with van der Waals surface area (Å²) in [4.78, 5) is 10.5. The van der Waals surface area contributed by atoms with Crippen LogP contribution < -0.4 is 0 Å². The Morgan fingerprint density at radius 3 is 2.73 bits per heavy atom. The zero-order chi connectivity index (χ0) is 8.69. The average molecular weight is 162 g/mol. The van der Waals surface area contributed by atoms with Gasteiger partial charge in [0, 0.05) is 19.4 Å². The maximum atomic E-state index is 10.5. The Hall–Kier alpha value is -0.610. The van der Waals surface area contributed by atoms with Gasteiger partial charge in [-0.1, -0.05) is 6.92 Å². The van der Waals surface area contributed by atoms with Crippen LogP contribution in [0.4, 0.5) is 0 Å². The van der Waals surface area contributed by atoms with Crippen molar-refractivity contribution < 1.29 is 19.7 Å². The molecule has 1 atom stereocenters. The summed E-state index contributed by atoms with van der Waals surface area (Å²) in [6.45, 7) is 1.65. The van der Waals surface area contributed by atoms with E-state index in [-0.39, 0.29) is 13.0 Å². The summed E-state index contributed by atoms with van der Waals surface area (Å²) < 4.78 is 4.51. The van der Waals surface area contributed by atoms with Gasteiger partial charge in [0.05, 0.1) is 0 Å². The van der Waals surface area contributed by atoms with Crippen molar-refractivity contribution in [2.45, 2.75) is 32.5 Å². The number of aliphatic hydroxyl groups is 2. The first kappa shape index (κ1) is 10.4. The van der Waals surface area contributed by atoms with Crippen LogP contribution in [0.5, 0.6) is 0 Å². The van der Waals surface area contributed by atoms with Crippen LogP contribution in [0, 0.1) is 0 Å². The molecule has 11 heavy (non-hydrogen) atoms. The SMILES string of the molecule is CCC(=O)OC(O)CCCO. The van der Waals surface area contributed by atoms with Gasteiger partial charge in [-0.25, -0.2) is 0 Å². The van der Waals surface area contributed by atoms with Crippen LogP contribution in [0.25, 0.3) is 0 Å². The molecule has 0 heterocycles. The molecule has 2 N–H and O–H groups in total. The molecule has 1 unspecified atom stereocenters. The molecule has 0 aromatic carbocycles. The highest BCUT2D eigenvalue weighted by atomic mass is 16.6. The van der Waals surface area contributed by atoms with E-state index in [1.807, 2.05) is 0 Å². The molecule has 0 radical (unpaired) electrons. The molecule has 0 bridgehead atoms. The van der Waals surface area contributed by atoms with Crippen LogP contribution in [-0.4, -0.2) is 29.1 Å². The van der Waals surface area contributed by atoms with Gasteiger partial charge >= 0.3 is 5.97 Å². The normalized spacial score (nSPS) is 12.6. The van der Waals surface area contributed by atoms with Crippen molar-refractivity contribution in [1.29, 1.82) is 0 Å². The molecule has 0 saturated carbocycles. The average Bonchev–Trinajstić information content (AvgIpc) is 2.00. The van der Waals surface area contributed by atoms with Gasteiger partial charge in [0.2, 0.25) is 6.29 Å². The first-order valence-electron chi connectivity index (χ1n) is 3.69. The first-order valence-corrected chi connectivity index (χ1v) is 3.69. The molecule has 4 nitrogen and oxygen atoms in total. The quantitative estimate of drug-likeness (QED) is 0.442. The number of aliphatic hydroxyl groups excluding tert-OH is 2. The molecule has 0 aromatic heterocycles. The van der Waals surface area contributed by atoms with E-state index in [2.05, 4.69) is 4.74 Å². The standard InChI is InChI=1S/C7H14O4/c1-2-6(9)11-7(10)4-3-5-8/h7-8,10H,2-5H2,1H3. The van der Waals surface area contributed by atoms with E-state index in [1.165, 1.54) is 0 Å². The number of rotatable bonds is 5. The predicted octanol–water partition coefficient (Wildman–Crippen LogP) is 0.0305. The van der Waals surface area contributed by atoms with Crippen molar-refractivity contribution in [3.05, 3.63) is 0 Å². The summed E-state index contributed by atoms with van der Waals surface area (Å²) in [6.07, 6.45) is -0.0639. The molecule has 0 spiro atoms. The van der Waals surface area contributed by atoms with E-state index < -0.39 is 12.3 Å². The van der Waals surface area contributed by atoms with Crippen molar-refractivity contribution >= 4 is 5.97 Å². The molecule has 0 aliphatic heterocycles. The van der Waals surface area contributed by atoms with Gasteiger partial charge in [-0.2, -0.15) is 0 Å². The molecule has 0 aliphatic carbocycles. The van der Waals surface area contributed by atoms with Crippen LogP contribution in [0.2, 0.25) is 0 Å². The van der Waals surface area contributed by atoms with Crippen molar-refractivity contribution in [2.24, 2.45) is 0 Å². The fourth-order valence-electron chi connectivity index (χ4n) is 0.560. The number of hydrogen-bond donors (Lipinski definition) is 2. The van der Waals surface area contributed by atoms with Crippen LogP contribution in [0.15, 0.2) is 0 Å². The smallest absolute Gasteiger partial charge is 0.307 e. The highest BCUT2D eigenvalue weighted by Crippen LogP contribution is 1.99. The zero-order valence-electron chi connectivity index (χ0n) is 6.62. The van der Waals surface area contributed by atoms with E-state index in [0.29, 0.717) is 12.8 Å². The molecule has 0 saturated heterocycles. The Morgan fingerprint density at radius 1 is 1.64 bits per heavy atom. The van der Waals surface area contributed by atoms with Gasteiger partial charge in [-0.3, -0.25) is 4.79 Å². The maximum absolute atomic E-state index is 10.5. The van der Waals surface area contributed by atoms with Gasteiger partial charge in [0.1, 0.15) is 0 Å². The van der Waals surface area contributed by atoms with Crippen LogP contribution in [0.3, 0.4) is 0 Å². The number of carbonyl (C=O) groups excluding carboxylic acids is 1. The minimum atomic E-state index is -1.06. The molecular weight excluding hydrogens is 148 g/mol. The van der Waals surface area contributed by atoms with Crippen molar-refractivity contribution in [3.8, 4) is 0 Å². The topological polar surface area (TPSA) is 66.8 Å². The summed E-state index contributed by atoms with van der Waals surface area (Å²) in [5.74, 6) is -0.421. The second-order valence-electron chi connectivity index (χ2n) is 2.16. The Morgan fingerprint density at radius 2 is 2.27 bits per heavy atom. The van der Waals surface area contributed by atoms with Gasteiger partial charge in [-0.05, 0) is 6.42 Å². The minimum Gasteiger partial charge on any atom is -0.436 e. The van der Waals surface area contributed by atoms with Crippen molar-refractivity contribution in [2.75, 3.05) is 6.61 Å². The summed E-state index contributed by atoms with van der Waals surface area (Å²) in [5.41, 5.74) is 0. The third-order valence-electron chi connectivity index (χ3n) is 1.17. The third kappa shape index (κ3) is 5.82. The fourth-order valence-corrected chi connectivity index (χ4v) is 0.560. The van der Waals surface area contributed by atoms with E-state index in [1.54, 1.807) is 6.92 Å². The monoisotopic (exact) mass is 162 g/mol. The summed E-state index contributed by atoms with van der Waals surface area (Å²) in [6, 6.07) is 0.